The molecule has 13 heavy (non-hydrogen) atoms. The summed E-state index contributed by atoms with van der Waals surface area (Å²) in [6.07, 6.45) is 1.45. The number of hydrogen-bond donors (Lipinski definition) is 0. The van der Waals surface area contributed by atoms with Crippen molar-refractivity contribution in [3.8, 4) is 0 Å². The lowest BCUT2D eigenvalue weighted by molar-refractivity contribution is -0.107. The van der Waals surface area contributed by atoms with E-state index in [-0.39, 0.29) is 0 Å². The SMILES string of the molecule is COC.Cc1ccc(CC=O)cc1. The second-order valence-corrected chi connectivity index (χ2v) is 2.76. The number of aldehydes is 1. The predicted molar refractivity (Wildman–Crippen MR) is 53.9 cm³/mol. The molecule has 0 N–H and O–H groups in total. The zero-order valence-electron chi connectivity index (χ0n) is 8.41. The molecule has 0 atom stereocenters. The van der Waals surface area contributed by atoms with Crippen LogP contribution >= 0.6 is 0 Å². The third-order valence-corrected chi connectivity index (χ3v) is 1.44. The van der Waals surface area contributed by atoms with Crippen molar-refractivity contribution in [1.82, 2.24) is 0 Å². The average molecular weight is 180 g/mol. The average Bonchev–Trinajstić information content (AvgIpc) is 2.11. The predicted octanol–water partition coefficient (Wildman–Crippen LogP) is 2.00. The molecule has 0 bridgehead atoms. The first-order chi connectivity index (χ1) is 6.24. The van der Waals surface area contributed by atoms with Crippen molar-refractivity contribution in [2.75, 3.05) is 14.2 Å². The monoisotopic (exact) mass is 180 g/mol. The van der Waals surface area contributed by atoms with Gasteiger partial charge in [-0.3, -0.25) is 0 Å². The molecule has 0 aliphatic rings. The molecule has 2 heteroatoms. The van der Waals surface area contributed by atoms with Gasteiger partial charge in [0, 0.05) is 20.6 Å². The molecule has 0 spiro atoms. The largest absolute Gasteiger partial charge is 0.388 e. The van der Waals surface area contributed by atoms with Crippen molar-refractivity contribution >= 4 is 6.29 Å². The quantitative estimate of drug-likeness (QED) is 0.651. The zero-order chi connectivity index (χ0) is 10.1. The second-order valence-electron chi connectivity index (χ2n) is 2.76. The smallest absolute Gasteiger partial charge is 0.124 e. The van der Waals surface area contributed by atoms with Crippen LogP contribution in [0.25, 0.3) is 0 Å². The van der Waals surface area contributed by atoms with Crippen LogP contribution in [0.3, 0.4) is 0 Å². The van der Waals surface area contributed by atoms with Gasteiger partial charge in [0.25, 0.3) is 0 Å². The number of aryl methyl sites for hydroxylation is 1. The normalized spacial score (nSPS) is 8.54. The highest BCUT2D eigenvalue weighted by atomic mass is 16.4. The number of carbonyl (C=O) groups excluding carboxylic acids is 1. The lowest BCUT2D eigenvalue weighted by atomic mass is 10.1. The third-order valence-electron chi connectivity index (χ3n) is 1.44. The molecule has 0 radical (unpaired) electrons. The summed E-state index contributed by atoms with van der Waals surface area (Å²) in [6.45, 7) is 2.03. The molecule has 0 heterocycles. The lowest BCUT2D eigenvalue weighted by Gasteiger charge is -1.93. The van der Waals surface area contributed by atoms with E-state index in [1.807, 2.05) is 31.2 Å². The molecule has 0 saturated heterocycles. The molecule has 72 valence electrons. The van der Waals surface area contributed by atoms with Gasteiger partial charge in [-0.25, -0.2) is 0 Å². The fraction of sp³-hybridized carbons (Fsp3) is 0.364. The molecule has 0 amide bonds. The van der Waals surface area contributed by atoms with E-state index in [0.29, 0.717) is 6.42 Å². The van der Waals surface area contributed by atoms with Gasteiger partial charge < -0.3 is 9.53 Å². The van der Waals surface area contributed by atoms with Gasteiger partial charge in [0.05, 0.1) is 0 Å². The molecule has 0 saturated carbocycles. The van der Waals surface area contributed by atoms with Gasteiger partial charge in [-0.1, -0.05) is 29.8 Å². The summed E-state index contributed by atoms with van der Waals surface area (Å²) in [7, 11) is 3.25. The van der Waals surface area contributed by atoms with Gasteiger partial charge in [0.15, 0.2) is 0 Å². The molecule has 2 nitrogen and oxygen atoms in total. The lowest BCUT2D eigenvalue weighted by Crippen LogP contribution is -1.84. The Morgan fingerprint density at radius 2 is 1.69 bits per heavy atom. The second kappa shape index (κ2) is 7.50. The van der Waals surface area contributed by atoms with Gasteiger partial charge in [-0.15, -0.1) is 0 Å². The van der Waals surface area contributed by atoms with E-state index in [9.17, 15) is 4.79 Å². The Morgan fingerprint density at radius 3 is 2.08 bits per heavy atom. The van der Waals surface area contributed by atoms with Crippen LogP contribution in [0.5, 0.6) is 0 Å². The molecule has 0 aromatic heterocycles. The Balaban J connectivity index is 0.000000424. The highest BCUT2D eigenvalue weighted by Crippen LogP contribution is 2.01. The van der Waals surface area contributed by atoms with Crippen LogP contribution in [0, 0.1) is 6.92 Å². The molecule has 0 fully saturated rings. The van der Waals surface area contributed by atoms with Crippen LogP contribution in [0.2, 0.25) is 0 Å². The maximum atomic E-state index is 10.1. The minimum atomic E-state index is 0.528. The van der Waals surface area contributed by atoms with E-state index in [0.717, 1.165) is 11.8 Å². The summed E-state index contributed by atoms with van der Waals surface area (Å²) in [5, 5.41) is 0. The highest BCUT2D eigenvalue weighted by molar-refractivity contribution is 5.54. The molecule has 0 aliphatic carbocycles. The summed E-state index contributed by atoms with van der Waals surface area (Å²) in [5.74, 6) is 0. The molecule has 0 unspecified atom stereocenters. The summed E-state index contributed by atoms with van der Waals surface area (Å²) in [5.41, 5.74) is 2.32. The van der Waals surface area contributed by atoms with E-state index in [2.05, 4.69) is 4.74 Å². The topological polar surface area (TPSA) is 26.3 Å². The van der Waals surface area contributed by atoms with Crippen molar-refractivity contribution in [2.45, 2.75) is 13.3 Å². The highest BCUT2D eigenvalue weighted by Gasteiger charge is 1.88. The Kier molecular flexibility index (Phi) is 6.83. The summed E-state index contributed by atoms with van der Waals surface area (Å²) >= 11 is 0. The fourth-order valence-corrected chi connectivity index (χ4v) is 0.820. The van der Waals surface area contributed by atoms with Gasteiger partial charge in [-0.2, -0.15) is 0 Å². The number of hydrogen-bond acceptors (Lipinski definition) is 2. The molecule has 1 aromatic rings. The van der Waals surface area contributed by atoms with Crippen molar-refractivity contribution in [2.24, 2.45) is 0 Å². The van der Waals surface area contributed by atoms with Crippen molar-refractivity contribution in [1.29, 1.82) is 0 Å². The molecule has 0 aliphatic heterocycles. The van der Waals surface area contributed by atoms with Gasteiger partial charge in [0.2, 0.25) is 0 Å². The van der Waals surface area contributed by atoms with Crippen LogP contribution < -0.4 is 0 Å². The maximum Gasteiger partial charge on any atom is 0.124 e. The Morgan fingerprint density at radius 1 is 1.23 bits per heavy atom. The first-order valence-corrected chi connectivity index (χ1v) is 4.14. The third kappa shape index (κ3) is 6.05. The number of carbonyl (C=O) groups is 1. The first kappa shape index (κ1) is 11.8. The van der Waals surface area contributed by atoms with Crippen LogP contribution in [-0.4, -0.2) is 20.5 Å². The van der Waals surface area contributed by atoms with E-state index in [4.69, 9.17) is 0 Å². The zero-order valence-corrected chi connectivity index (χ0v) is 8.41. The summed E-state index contributed by atoms with van der Waals surface area (Å²) in [4.78, 5) is 10.1. The van der Waals surface area contributed by atoms with Crippen LogP contribution in [0.1, 0.15) is 11.1 Å². The van der Waals surface area contributed by atoms with Crippen molar-refractivity contribution < 1.29 is 9.53 Å². The van der Waals surface area contributed by atoms with Crippen LogP contribution in [-0.2, 0) is 16.0 Å². The van der Waals surface area contributed by atoms with Crippen LogP contribution in [0.15, 0.2) is 24.3 Å². The van der Waals surface area contributed by atoms with Crippen molar-refractivity contribution in [3.05, 3.63) is 35.4 Å². The Hall–Kier alpha value is -1.15. The van der Waals surface area contributed by atoms with E-state index in [1.54, 1.807) is 14.2 Å². The Bertz CT molecular complexity index is 226. The van der Waals surface area contributed by atoms with Gasteiger partial charge >= 0.3 is 0 Å². The van der Waals surface area contributed by atoms with E-state index < -0.39 is 0 Å². The molecule has 1 rings (SSSR count). The van der Waals surface area contributed by atoms with Crippen LogP contribution in [0.4, 0.5) is 0 Å². The maximum absolute atomic E-state index is 10.1. The van der Waals surface area contributed by atoms with E-state index >= 15 is 0 Å². The minimum absolute atomic E-state index is 0.528. The van der Waals surface area contributed by atoms with Gasteiger partial charge in [0.1, 0.15) is 6.29 Å². The minimum Gasteiger partial charge on any atom is -0.388 e. The molecular formula is C11H16O2. The number of benzene rings is 1. The van der Waals surface area contributed by atoms with E-state index in [1.165, 1.54) is 5.56 Å². The number of methoxy groups -OCH3 is 1. The van der Waals surface area contributed by atoms with Gasteiger partial charge in [-0.05, 0) is 12.5 Å². The first-order valence-electron chi connectivity index (χ1n) is 4.14. The number of rotatable bonds is 2. The Labute approximate surface area is 79.5 Å². The number of ether oxygens (including phenoxy) is 1. The molecular weight excluding hydrogens is 164 g/mol. The summed E-state index contributed by atoms with van der Waals surface area (Å²) in [6, 6.07) is 7.98. The standard InChI is InChI=1S/C9H10O.C2H6O/c1-8-2-4-9(5-3-8)6-7-10;1-3-2/h2-5,7H,6H2,1H3;1-2H3. The van der Waals surface area contributed by atoms with Crippen molar-refractivity contribution in [3.63, 3.8) is 0 Å². The summed E-state index contributed by atoms with van der Waals surface area (Å²) < 4.78 is 4.25. The fourth-order valence-electron chi connectivity index (χ4n) is 0.820. The molecule has 1 aromatic carbocycles.